The maximum Gasteiger partial charge on any atom is 0.229 e. The summed E-state index contributed by atoms with van der Waals surface area (Å²) in [6.07, 6.45) is 0. The van der Waals surface area contributed by atoms with Crippen LogP contribution in [-0.4, -0.2) is 29.2 Å². The van der Waals surface area contributed by atoms with Crippen molar-refractivity contribution in [1.29, 1.82) is 0 Å². The molecular weight excluding hydrogens is 296 g/mol. The molecule has 0 bridgehead atoms. The van der Waals surface area contributed by atoms with Gasteiger partial charge in [0.15, 0.2) is 0 Å². The molecule has 1 aliphatic heterocycles. The molecule has 6 heteroatoms. The third-order valence-electron chi connectivity index (χ3n) is 4.06. The molecule has 1 amide bonds. The molecule has 1 aliphatic rings. The largest absolute Gasteiger partial charge is 0.316 e. The summed E-state index contributed by atoms with van der Waals surface area (Å²) in [6.45, 7) is 7.92. The van der Waals surface area contributed by atoms with Crippen LogP contribution < -0.4 is 10.6 Å². The zero-order valence-corrected chi connectivity index (χ0v) is 13.8. The van der Waals surface area contributed by atoms with Gasteiger partial charge in [-0.3, -0.25) is 4.79 Å². The molecule has 1 fully saturated rings. The quantitative estimate of drug-likeness (QED) is 0.910. The molecule has 0 aliphatic carbocycles. The summed E-state index contributed by atoms with van der Waals surface area (Å²) in [4.78, 5) is 12.2. The summed E-state index contributed by atoms with van der Waals surface area (Å²) in [6, 6.07) is 6.30. The standard InChI is InChI=1S/C16H20N4OS/c1-9-4-10(2)6-12(5-9)15-19-20-16(22-15)18-14(21)11(3)13-7-17-8-13/h4-6,11,13,17H,7-8H2,1-3H3,(H,18,20,21). The van der Waals surface area contributed by atoms with Gasteiger partial charge in [0.05, 0.1) is 0 Å². The van der Waals surface area contributed by atoms with Crippen LogP contribution in [0.2, 0.25) is 0 Å². The van der Waals surface area contributed by atoms with Gasteiger partial charge in [-0.2, -0.15) is 0 Å². The van der Waals surface area contributed by atoms with Gasteiger partial charge < -0.3 is 10.6 Å². The molecule has 0 spiro atoms. The maximum absolute atomic E-state index is 12.2. The fourth-order valence-corrected chi connectivity index (χ4v) is 3.32. The molecule has 5 nitrogen and oxygen atoms in total. The summed E-state index contributed by atoms with van der Waals surface area (Å²) < 4.78 is 0. The number of anilines is 1. The van der Waals surface area contributed by atoms with E-state index < -0.39 is 0 Å². The first-order valence-electron chi connectivity index (χ1n) is 7.46. The summed E-state index contributed by atoms with van der Waals surface area (Å²) in [5.74, 6) is 0.441. The predicted octanol–water partition coefficient (Wildman–Crippen LogP) is 2.62. The molecular formula is C16H20N4OS. The van der Waals surface area contributed by atoms with Crippen molar-refractivity contribution in [3.63, 3.8) is 0 Å². The van der Waals surface area contributed by atoms with Gasteiger partial charge in [0, 0.05) is 11.5 Å². The van der Waals surface area contributed by atoms with Crippen molar-refractivity contribution in [3.05, 3.63) is 29.3 Å². The van der Waals surface area contributed by atoms with Crippen molar-refractivity contribution in [1.82, 2.24) is 15.5 Å². The van der Waals surface area contributed by atoms with E-state index in [2.05, 4.69) is 52.9 Å². The van der Waals surface area contributed by atoms with Crippen molar-refractivity contribution in [2.75, 3.05) is 18.4 Å². The predicted molar refractivity (Wildman–Crippen MR) is 89.0 cm³/mol. The second-order valence-corrected chi connectivity index (χ2v) is 6.96. The number of benzene rings is 1. The first kappa shape index (κ1) is 15.1. The van der Waals surface area contributed by atoms with Gasteiger partial charge in [0.25, 0.3) is 0 Å². The average molecular weight is 316 g/mol. The lowest BCUT2D eigenvalue weighted by Crippen LogP contribution is -2.48. The van der Waals surface area contributed by atoms with Gasteiger partial charge in [-0.15, -0.1) is 10.2 Å². The van der Waals surface area contributed by atoms with Crippen LogP contribution in [0.3, 0.4) is 0 Å². The van der Waals surface area contributed by atoms with E-state index in [9.17, 15) is 4.79 Å². The average Bonchev–Trinajstić information content (AvgIpc) is 2.84. The number of aryl methyl sites for hydroxylation is 2. The number of nitrogens with one attached hydrogen (secondary N) is 2. The second kappa shape index (κ2) is 6.14. The van der Waals surface area contributed by atoms with Crippen LogP contribution in [0, 0.1) is 25.7 Å². The number of nitrogens with zero attached hydrogens (tertiary/aromatic N) is 2. The number of amides is 1. The summed E-state index contributed by atoms with van der Waals surface area (Å²) in [5.41, 5.74) is 3.44. The molecule has 1 atom stereocenters. The number of rotatable bonds is 4. The highest BCUT2D eigenvalue weighted by Gasteiger charge is 2.29. The van der Waals surface area contributed by atoms with Crippen LogP contribution >= 0.6 is 11.3 Å². The van der Waals surface area contributed by atoms with Gasteiger partial charge in [-0.1, -0.05) is 35.5 Å². The zero-order valence-electron chi connectivity index (χ0n) is 13.0. The fourth-order valence-electron chi connectivity index (χ4n) is 2.59. The number of carbonyl (C=O) groups is 1. The van der Waals surface area contributed by atoms with Gasteiger partial charge >= 0.3 is 0 Å². The molecule has 1 aromatic heterocycles. The third-order valence-corrected chi connectivity index (χ3v) is 4.95. The highest BCUT2D eigenvalue weighted by atomic mass is 32.1. The molecule has 2 N–H and O–H groups in total. The van der Waals surface area contributed by atoms with Crippen LogP contribution in [-0.2, 0) is 4.79 Å². The van der Waals surface area contributed by atoms with E-state index in [4.69, 9.17) is 0 Å². The molecule has 1 saturated heterocycles. The van der Waals surface area contributed by atoms with E-state index in [-0.39, 0.29) is 11.8 Å². The van der Waals surface area contributed by atoms with E-state index in [1.54, 1.807) is 0 Å². The Hall–Kier alpha value is -1.79. The lowest BCUT2D eigenvalue weighted by atomic mass is 9.88. The van der Waals surface area contributed by atoms with Crippen LogP contribution in [0.5, 0.6) is 0 Å². The van der Waals surface area contributed by atoms with Crippen molar-refractivity contribution >= 4 is 22.4 Å². The lowest BCUT2D eigenvalue weighted by Gasteiger charge is -2.31. The Morgan fingerprint density at radius 1 is 1.27 bits per heavy atom. The van der Waals surface area contributed by atoms with E-state index in [0.717, 1.165) is 23.7 Å². The SMILES string of the molecule is Cc1cc(C)cc(-c2nnc(NC(=O)C(C)C3CNC3)s2)c1. The highest BCUT2D eigenvalue weighted by molar-refractivity contribution is 7.18. The Morgan fingerprint density at radius 2 is 1.95 bits per heavy atom. The maximum atomic E-state index is 12.2. The van der Waals surface area contributed by atoms with Crippen LogP contribution in [0.25, 0.3) is 10.6 Å². The van der Waals surface area contributed by atoms with E-state index in [1.165, 1.54) is 22.5 Å². The first-order valence-corrected chi connectivity index (χ1v) is 8.28. The van der Waals surface area contributed by atoms with E-state index in [0.29, 0.717) is 11.0 Å². The number of carbonyl (C=O) groups excluding carboxylic acids is 1. The van der Waals surface area contributed by atoms with Crippen molar-refractivity contribution in [3.8, 4) is 10.6 Å². The molecule has 3 rings (SSSR count). The minimum atomic E-state index is -0.00480. The van der Waals surface area contributed by atoms with Crippen molar-refractivity contribution in [2.45, 2.75) is 20.8 Å². The highest BCUT2D eigenvalue weighted by Crippen LogP contribution is 2.28. The molecule has 116 valence electrons. The van der Waals surface area contributed by atoms with E-state index >= 15 is 0 Å². The summed E-state index contributed by atoms with van der Waals surface area (Å²) in [5, 5.41) is 15.8. The van der Waals surface area contributed by atoms with E-state index in [1.807, 2.05) is 6.92 Å². The molecule has 0 saturated carbocycles. The Balaban J connectivity index is 1.71. The molecule has 2 aromatic rings. The van der Waals surface area contributed by atoms with Gasteiger partial charge in [0.1, 0.15) is 5.01 Å². The molecule has 1 aromatic carbocycles. The Bertz CT molecular complexity index is 673. The van der Waals surface area contributed by atoms with Gasteiger partial charge in [-0.05, 0) is 45.0 Å². The fraction of sp³-hybridized carbons (Fsp3) is 0.438. The summed E-state index contributed by atoms with van der Waals surface area (Å²) >= 11 is 1.42. The van der Waals surface area contributed by atoms with Gasteiger partial charge in [-0.25, -0.2) is 0 Å². The minimum absolute atomic E-state index is 0.00480. The molecule has 22 heavy (non-hydrogen) atoms. The van der Waals surface area contributed by atoms with Crippen LogP contribution in [0.1, 0.15) is 18.1 Å². The number of aromatic nitrogens is 2. The van der Waals surface area contributed by atoms with Gasteiger partial charge in [0.2, 0.25) is 11.0 Å². The third kappa shape index (κ3) is 3.18. The molecule has 1 unspecified atom stereocenters. The zero-order chi connectivity index (χ0) is 15.7. The smallest absolute Gasteiger partial charge is 0.229 e. The monoisotopic (exact) mass is 316 g/mol. The summed E-state index contributed by atoms with van der Waals surface area (Å²) in [7, 11) is 0. The van der Waals surface area contributed by atoms with Crippen LogP contribution in [0.4, 0.5) is 5.13 Å². The van der Waals surface area contributed by atoms with Crippen molar-refractivity contribution < 1.29 is 4.79 Å². The minimum Gasteiger partial charge on any atom is -0.316 e. The lowest BCUT2D eigenvalue weighted by molar-refractivity contribution is -0.121. The Kier molecular flexibility index (Phi) is 4.22. The number of hydrogen-bond donors (Lipinski definition) is 2. The first-order chi connectivity index (χ1) is 10.5. The second-order valence-electron chi connectivity index (χ2n) is 5.99. The normalized spacial score (nSPS) is 16.1. The Morgan fingerprint density at radius 3 is 2.55 bits per heavy atom. The van der Waals surface area contributed by atoms with Crippen molar-refractivity contribution in [2.24, 2.45) is 11.8 Å². The van der Waals surface area contributed by atoms with Crippen LogP contribution in [0.15, 0.2) is 18.2 Å². The topological polar surface area (TPSA) is 66.9 Å². The molecule has 2 heterocycles. The Labute approximate surface area is 134 Å². The molecule has 0 radical (unpaired) electrons. The number of hydrogen-bond acceptors (Lipinski definition) is 5.